The predicted octanol–water partition coefficient (Wildman–Crippen LogP) is 5.39. The van der Waals surface area contributed by atoms with Gasteiger partial charge in [0.05, 0.1) is 0 Å². The molecule has 0 fully saturated rings. The van der Waals surface area contributed by atoms with Gasteiger partial charge in [-0.2, -0.15) is 0 Å². The van der Waals surface area contributed by atoms with Gasteiger partial charge < -0.3 is 5.32 Å². The Hall–Kier alpha value is -2.58. The van der Waals surface area contributed by atoms with Gasteiger partial charge in [-0.25, -0.2) is 0 Å². The number of hydrogen-bond donors (Lipinski definition) is 1. The van der Waals surface area contributed by atoms with E-state index in [2.05, 4.69) is 35.6 Å². The van der Waals surface area contributed by atoms with E-state index in [-0.39, 0.29) is 5.91 Å². The molecule has 1 N–H and O–H groups in total. The SMILES string of the molecule is O=C(NC[C@@H]1C[C@@H](c2cccc(Cl)c2)c2ccccc21)c1ccccc1. The van der Waals surface area contributed by atoms with Gasteiger partial charge in [0.15, 0.2) is 0 Å². The maximum atomic E-state index is 12.4. The molecular formula is C23H20ClNO. The first-order valence-corrected chi connectivity index (χ1v) is 9.27. The highest BCUT2D eigenvalue weighted by molar-refractivity contribution is 6.30. The number of nitrogens with one attached hydrogen (secondary N) is 1. The monoisotopic (exact) mass is 361 g/mol. The van der Waals surface area contributed by atoms with Crippen LogP contribution in [0.15, 0.2) is 78.9 Å². The van der Waals surface area contributed by atoms with Crippen molar-refractivity contribution in [2.24, 2.45) is 0 Å². The van der Waals surface area contributed by atoms with E-state index in [4.69, 9.17) is 11.6 Å². The number of benzene rings is 3. The van der Waals surface area contributed by atoms with Crippen LogP contribution < -0.4 is 5.32 Å². The molecule has 1 aliphatic carbocycles. The fourth-order valence-corrected chi connectivity index (χ4v) is 4.08. The van der Waals surface area contributed by atoms with Crippen LogP contribution in [-0.2, 0) is 0 Å². The Morgan fingerprint density at radius 3 is 2.42 bits per heavy atom. The summed E-state index contributed by atoms with van der Waals surface area (Å²) < 4.78 is 0. The van der Waals surface area contributed by atoms with Crippen LogP contribution >= 0.6 is 11.6 Å². The third kappa shape index (κ3) is 3.38. The normalized spacial score (nSPS) is 18.3. The summed E-state index contributed by atoms with van der Waals surface area (Å²) >= 11 is 6.20. The molecule has 1 amide bonds. The van der Waals surface area contributed by atoms with Gasteiger partial charge in [0.25, 0.3) is 5.91 Å². The van der Waals surface area contributed by atoms with Crippen LogP contribution in [0.5, 0.6) is 0 Å². The molecule has 2 atom stereocenters. The van der Waals surface area contributed by atoms with E-state index in [0.717, 1.165) is 11.4 Å². The van der Waals surface area contributed by atoms with Crippen molar-refractivity contribution in [3.05, 3.63) is 106 Å². The summed E-state index contributed by atoms with van der Waals surface area (Å²) in [5, 5.41) is 3.86. The van der Waals surface area contributed by atoms with Crippen LogP contribution in [0.25, 0.3) is 0 Å². The highest BCUT2D eigenvalue weighted by Crippen LogP contribution is 2.45. The van der Waals surface area contributed by atoms with Gasteiger partial charge >= 0.3 is 0 Å². The summed E-state index contributed by atoms with van der Waals surface area (Å²) in [6.07, 6.45) is 0.981. The van der Waals surface area contributed by atoms with Crippen molar-refractivity contribution in [3.63, 3.8) is 0 Å². The van der Waals surface area contributed by atoms with Crippen molar-refractivity contribution >= 4 is 17.5 Å². The smallest absolute Gasteiger partial charge is 0.251 e. The molecule has 0 saturated carbocycles. The minimum Gasteiger partial charge on any atom is -0.351 e. The van der Waals surface area contributed by atoms with Crippen LogP contribution in [0.4, 0.5) is 0 Å². The summed E-state index contributed by atoms with van der Waals surface area (Å²) in [4.78, 5) is 12.4. The van der Waals surface area contributed by atoms with E-state index in [1.807, 2.05) is 48.5 Å². The quantitative estimate of drug-likeness (QED) is 0.663. The predicted molar refractivity (Wildman–Crippen MR) is 106 cm³/mol. The van der Waals surface area contributed by atoms with E-state index in [0.29, 0.717) is 23.9 Å². The number of rotatable bonds is 4. The maximum absolute atomic E-state index is 12.4. The van der Waals surface area contributed by atoms with Crippen LogP contribution in [0.3, 0.4) is 0 Å². The highest BCUT2D eigenvalue weighted by Gasteiger charge is 2.31. The van der Waals surface area contributed by atoms with E-state index in [1.54, 1.807) is 0 Å². The van der Waals surface area contributed by atoms with Gasteiger partial charge in [0, 0.05) is 29.0 Å². The molecule has 0 saturated heterocycles. The lowest BCUT2D eigenvalue weighted by atomic mass is 9.93. The van der Waals surface area contributed by atoms with E-state index in [1.165, 1.54) is 16.7 Å². The lowest BCUT2D eigenvalue weighted by Crippen LogP contribution is -2.27. The molecule has 130 valence electrons. The Morgan fingerprint density at radius 2 is 1.65 bits per heavy atom. The summed E-state index contributed by atoms with van der Waals surface area (Å²) in [7, 11) is 0. The molecule has 4 rings (SSSR count). The second kappa shape index (κ2) is 7.35. The number of fused-ring (bicyclic) bond motifs is 1. The third-order valence-electron chi connectivity index (χ3n) is 5.13. The lowest BCUT2D eigenvalue weighted by molar-refractivity contribution is 0.0951. The number of amides is 1. The Morgan fingerprint density at radius 1 is 0.923 bits per heavy atom. The van der Waals surface area contributed by atoms with Crippen molar-refractivity contribution in [2.45, 2.75) is 18.3 Å². The van der Waals surface area contributed by atoms with Gasteiger partial charge in [-0.3, -0.25) is 4.79 Å². The Kier molecular flexibility index (Phi) is 4.77. The maximum Gasteiger partial charge on any atom is 0.251 e. The zero-order valence-electron chi connectivity index (χ0n) is 14.4. The fraction of sp³-hybridized carbons (Fsp3) is 0.174. The molecular weight excluding hydrogens is 342 g/mol. The largest absolute Gasteiger partial charge is 0.351 e. The Balaban J connectivity index is 1.54. The summed E-state index contributed by atoms with van der Waals surface area (Å²) in [5.41, 5.74) is 4.60. The molecule has 0 heterocycles. The third-order valence-corrected chi connectivity index (χ3v) is 5.36. The van der Waals surface area contributed by atoms with Crippen LogP contribution in [0, 0.1) is 0 Å². The number of carbonyl (C=O) groups is 1. The average molecular weight is 362 g/mol. The first-order chi connectivity index (χ1) is 12.7. The van der Waals surface area contributed by atoms with Crippen molar-refractivity contribution in [1.82, 2.24) is 5.32 Å². The minimum atomic E-state index is -0.0192. The van der Waals surface area contributed by atoms with E-state index >= 15 is 0 Å². The zero-order chi connectivity index (χ0) is 17.9. The molecule has 26 heavy (non-hydrogen) atoms. The first kappa shape index (κ1) is 16.9. The number of hydrogen-bond acceptors (Lipinski definition) is 1. The first-order valence-electron chi connectivity index (χ1n) is 8.90. The van der Waals surface area contributed by atoms with E-state index < -0.39 is 0 Å². The molecule has 0 aliphatic heterocycles. The van der Waals surface area contributed by atoms with Crippen LogP contribution in [0.2, 0.25) is 5.02 Å². The molecule has 0 spiro atoms. The second-order valence-corrected chi connectivity index (χ2v) is 7.18. The average Bonchev–Trinajstić information content (AvgIpc) is 3.06. The molecule has 3 heteroatoms. The summed E-state index contributed by atoms with van der Waals surface area (Å²) in [6.45, 7) is 0.641. The van der Waals surface area contributed by atoms with Crippen molar-refractivity contribution in [1.29, 1.82) is 0 Å². The van der Waals surface area contributed by atoms with Gasteiger partial charge in [0.1, 0.15) is 0 Å². The van der Waals surface area contributed by atoms with Gasteiger partial charge in [-0.05, 0) is 47.4 Å². The van der Waals surface area contributed by atoms with Crippen molar-refractivity contribution < 1.29 is 4.79 Å². The number of carbonyl (C=O) groups excluding carboxylic acids is 1. The molecule has 0 bridgehead atoms. The Labute approximate surface area is 158 Å². The van der Waals surface area contributed by atoms with Gasteiger partial charge in [-0.1, -0.05) is 66.2 Å². The molecule has 0 aromatic heterocycles. The lowest BCUT2D eigenvalue weighted by Gasteiger charge is -2.14. The molecule has 2 nitrogen and oxygen atoms in total. The van der Waals surface area contributed by atoms with E-state index in [9.17, 15) is 4.79 Å². The molecule has 0 unspecified atom stereocenters. The molecule has 3 aromatic rings. The summed E-state index contributed by atoms with van der Waals surface area (Å²) in [6, 6.07) is 26.0. The highest BCUT2D eigenvalue weighted by atomic mass is 35.5. The number of halogens is 1. The van der Waals surface area contributed by atoms with Gasteiger partial charge in [-0.15, -0.1) is 0 Å². The zero-order valence-corrected chi connectivity index (χ0v) is 15.1. The minimum absolute atomic E-state index is 0.0192. The topological polar surface area (TPSA) is 29.1 Å². The Bertz CT molecular complexity index is 922. The summed E-state index contributed by atoms with van der Waals surface area (Å²) in [5.74, 6) is 0.612. The van der Waals surface area contributed by atoms with Crippen molar-refractivity contribution in [2.75, 3.05) is 6.54 Å². The molecule has 1 aliphatic rings. The molecule has 0 radical (unpaired) electrons. The van der Waals surface area contributed by atoms with Crippen LogP contribution in [-0.4, -0.2) is 12.5 Å². The standard InChI is InChI=1S/C23H20ClNO/c24-19-10-6-9-17(13-19)22-14-18(20-11-4-5-12-21(20)22)15-25-23(26)16-7-2-1-3-8-16/h1-13,18,22H,14-15H2,(H,25,26)/t18-,22-/m0/s1. The molecule has 3 aromatic carbocycles. The van der Waals surface area contributed by atoms with Crippen molar-refractivity contribution in [3.8, 4) is 0 Å². The fourth-order valence-electron chi connectivity index (χ4n) is 3.88. The van der Waals surface area contributed by atoms with Crippen LogP contribution in [0.1, 0.15) is 45.3 Å². The van der Waals surface area contributed by atoms with Gasteiger partial charge in [0.2, 0.25) is 0 Å². The second-order valence-electron chi connectivity index (χ2n) is 6.75.